The summed E-state index contributed by atoms with van der Waals surface area (Å²) in [6.07, 6.45) is 11.2. The summed E-state index contributed by atoms with van der Waals surface area (Å²) in [5.74, 6) is 3.04. The van der Waals surface area contributed by atoms with Crippen LogP contribution in [0.2, 0.25) is 5.02 Å². The number of piperazine rings is 1. The first-order chi connectivity index (χ1) is 17.0. The van der Waals surface area contributed by atoms with E-state index in [1.54, 1.807) is 0 Å². The molecule has 7 heteroatoms. The summed E-state index contributed by atoms with van der Waals surface area (Å²) in [5.41, 5.74) is 2.47. The van der Waals surface area contributed by atoms with E-state index in [9.17, 15) is 4.79 Å². The molecule has 4 fully saturated rings. The van der Waals surface area contributed by atoms with E-state index in [1.807, 2.05) is 17.0 Å². The largest absolute Gasteiger partial charge is 0.450 e. The molecule has 1 aromatic heterocycles. The smallest absolute Gasteiger partial charge is 0.289 e. The van der Waals surface area contributed by atoms with Gasteiger partial charge in [0, 0.05) is 43.2 Å². The first-order valence-electron chi connectivity index (χ1n) is 13.5. The SMILES string of the molecule is C=C1Nc2c(Cl)cc3cc(C(=O)N4CCN(C5CC6CCC5C6)CC4)oc3c2C2(CCCCC2)N1. The highest BCUT2D eigenvalue weighted by Gasteiger charge is 2.44. The second kappa shape index (κ2) is 8.17. The molecule has 35 heavy (non-hydrogen) atoms. The molecule has 1 aromatic carbocycles. The Balaban J connectivity index is 1.16. The Morgan fingerprint density at radius 2 is 1.89 bits per heavy atom. The van der Waals surface area contributed by atoms with Crippen LogP contribution in [0, 0.1) is 11.8 Å². The number of carbonyl (C=O) groups is 1. The van der Waals surface area contributed by atoms with Crippen LogP contribution in [0.25, 0.3) is 11.0 Å². The minimum atomic E-state index is -0.246. The molecular weight excluding hydrogens is 460 g/mol. The van der Waals surface area contributed by atoms with E-state index >= 15 is 0 Å². The number of fused-ring (bicyclic) bond motifs is 6. The fourth-order valence-electron chi connectivity index (χ4n) is 7.97. The normalized spacial score (nSPS) is 29.9. The van der Waals surface area contributed by atoms with Crippen LogP contribution in [-0.4, -0.2) is 47.9 Å². The van der Waals surface area contributed by atoms with Crippen LogP contribution >= 0.6 is 11.6 Å². The molecule has 2 N–H and O–H groups in total. The molecule has 3 unspecified atom stereocenters. The molecule has 3 heterocycles. The first kappa shape index (κ1) is 22.1. The third-order valence-corrected chi connectivity index (χ3v) is 9.89. The first-order valence-corrected chi connectivity index (χ1v) is 13.9. The molecule has 7 rings (SSSR count). The summed E-state index contributed by atoms with van der Waals surface area (Å²) < 4.78 is 6.39. The van der Waals surface area contributed by atoms with Gasteiger partial charge < -0.3 is 20.0 Å². The fraction of sp³-hybridized carbons (Fsp3) is 0.607. The van der Waals surface area contributed by atoms with Gasteiger partial charge in [-0.1, -0.05) is 43.9 Å². The van der Waals surface area contributed by atoms with Gasteiger partial charge in [0.05, 0.1) is 22.1 Å². The maximum absolute atomic E-state index is 13.5. The Bertz CT molecular complexity index is 1190. The van der Waals surface area contributed by atoms with Gasteiger partial charge in [0.1, 0.15) is 5.58 Å². The summed E-state index contributed by atoms with van der Waals surface area (Å²) in [6.45, 7) is 7.64. The van der Waals surface area contributed by atoms with Gasteiger partial charge in [-0.2, -0.15) is 0 Å². The van der Waals surface area contributed by atoms with Crippen molar-refractivity contribution in [3.05, 3.63) is 40.9 Å². The van der Waals surface area contributed by atoms with Gasteiger partial charge >= 0.3 is 0 Å². The van der Waals surface area contributed by atoms with E-state index in [2.05, 4.69) is 22.1 Å². The zero-order valence-electron chi connectivity index (χ0n) is 20.4. The van der Waals surface area contributed by atoms with Crippen molar-refractivity contribution in [1.29, 1.82) is 0 Å². The molecule has 6 nitrogen and oxygen atoms in total. The van der Waals surface area contributed by atoms with E-state index in [4.69, 9.17) is 16.0 Å². The molecule has 3 saturated carbocycles. The molecule has 2 aliphatic heterocycles. The van der Waals surface area contributed by atoms with Crippen molar-refractivity contribution in [2.24, 2.45) is 11.8 Å². The number of carbonyl (C=O) groups excluding carboxylic acids is 1. The molecular formula is C28H35ClN4O2. The summed E-state index contributed by atoms with van der Waals surface area (Å²) in [5, 5.41) is 8.52. The van der Waals surface area contributed by atoms with Crippen molar-refractivity contribution in [2.45, 2.75) is 69.4 Å². The number of benzene rings is 1. The van der Waals surface area contributed by atoms with Crippen LogP contribution in [0.15, 0.2) is 28.9 Å². The Morgan fingerprint density at radius 1 is 1.09 bits per heavy atom. The minimum absolute atomic E-state index is 0.00232. The van der Waals surface area contributed by atoms with Gasteiger partial charge in [0.2, 0.25) is 0 Å². The molecule has 1 spiro atoms. The van der Waals surface area contributed by atoms with Gasteiger partial charge in [0.15, 0.2) is 5.76 Å². The molecule has 0 radical (unpaired) electrons. The lowest BCUT2D eigenvalue weighted by molar-refractivity contribution is 0.0473. The number of rotatable bonds is 2. The number of nitrogens with zero attached hydrogens (tertiary/aromatic N) is 2. The molecule has 3 aliphatic carbocycles. The third-order valence-electron chi connectivity index (χ3n) is 9.59. The number of halogens is 1. The van der Waals surface area contributed by atoms with Crippen molar-refractivity contribution in [3.63, 3.8) is 0 Å². The number of furan rings is 1. The highest BCUT2D eigenvalue weighted by molar-refractivity contribution is 6.34. The monoisotopic (exact) mass is 494 g/mol. The summed E-state index contributed by atoms with van der Waals surface area (Å²) in [7, 11) is 0. The van der Waals surface area contributed by atoms with E-state index in [0.29, 0.717) is 10.8 Å². The zero-order chi connectivity index (χ0) is 23.7. The van der Waals surface area contributed by atoms with Crippen LogP contribution in [0.5, 0.6) is 0 Å². The quantitative estimate of drug-likeness (QED) is 0.562. The number of hydrogen-bond acceptors (Lipinski definition) is 5. The van der Waals surface area contributed by atoms with Gasteiger partial charge in [-0.3, -0.25) is 9.69 Å². The third kappa shape index (κ3) is 3.51. The molecule has 1 amide bonds. The average molecular weight is 495 g/mol. The number of hydrogen-bond donors (Lipinski definition) is 2. The van der Waals surface area contributed by atoms with Crippen molar-refractivity contribution in [1.82, 2.24) is 15.1 Å². The standard InChI is InChI=1S/C28H35ClN4O2/c1-17-30-25-21(29)15-20-16-23(35-26(20)24(25)28(31-17)7-3-2-4-8-28)27(34)33-11-9-32(10-12-33)22-14-18-5-6-19(22)13-18/h15-16,18-19,22,30-31H,1-14H2. The van der Waals surface area contributed by atoms with E-state index in [1.165, 1.54) is 32.1 Å². The molecule has 2 bridgehead atoms. The van der Waals surface area contributed by atoms with Crippen molar-refractivity contribution in [2.75, 3.05) is 31.5 Å². The van der Waals surface area contributed by atoms with Crippen LogP contribution in [0.1, 0.15) is 73.9 Å². The Labute approximate surface area is 212 Å². The van der Waals surface area contributed by atoms with E-state index in [-0.39, 0.29) is 11.4 Å². The van der Waals surface area contributed by atoms with Crippen molar-refractivity contribution in [3.8, 4) is 0 Å². The summed E-state index contributed by atoms with van der Waals surface area (Å²) >= 11 is 6.76. The molecule has 186 valence electrons. The highest BCUT2D eigenvalue weighted by atomic mass is 35.5. The zero-order valence-corrected chi connectivity index (χ0v) is 21.1. The van der Waals surface area contributed by atoms with Crippen molar-refractivity contribution < 1.29 is 9.21 Å². The molecule has 5 aliphatic rings. The maximum Gasteiger partial charge on any atom is 0.289 e. The summed E-state index contributed by atoms with van der Waals surface area (Å²) in [4.78, 5) is 18.2. The summed E-state index contributed by atoms with van der Waals surface area (Å²) in [6, 6.07) is 4.56. The van der Waals surface area contributed by atoms with E-state index < -0.39 is 0 Å². The van der Waals surface area contributed by atoms with Gasteiger partial charge in [0.25, 0.3) is 5.91 Å². The molecule has 3 atom stereocenters. The lowest BCUT2D eigenvalue weighted by atomic mass is 9.74. The number of nitrogens with one attached hydrogen (secondary N) is 2. The lowest BCUT2D eigenvalue weighted by Gasteiger charge is -2.44. The highest BCUT2D eigenvalue weighted by Crippen LogP contribution is 2.50. The number of anilines is 1. The minimum Gasteiger partial charge on any atom is -0.450 e. The molecule has 1 saturated heterocycles. The Morgan fingerprint density at radius 3 is 2.60 bits per heavy atom. The predicted molar refractivity (Wildman–Crippen MR) is 139 cm³/mol. The van der Waals surface area contributed by atoms with Gasteiger partial charge in [-0.15, -0.1) is 0 Å². The average Bonchev–Trinajstić information content (AvgIpc) is 3.60. The van der Waals surface area contributed by atoms with Crippen LogP contribution in [0.4, 0.5) is 5.69 Å². The van der Waals surface area contributed by atoms with Crippen LogP contribution < -0.4 is 10.6 Å². The number of amides is 1. The van der Waals surface area contributed by atoms with Gasteiger partial charge in [-0.05, 0) is 56.1 Å². The van der Waals surface area contributed by atoms with Crippen LogP contribution in [-0.2, 0) is 5.54 Å². The second-order valence-corrected chi connectivity index (χ2v) is 12.0. The fourth-order valence-corrected chi connectivity index (χ4v) is 8.23. The Kier molecular flexibility index (Phi) is 5.15. The topological polar surface area (TPSA) is 60.8 Å². The second-order valence-electron chi connectivity index (χ2n) is 11.6. The lowest BCUT2D eigenvalue weighted by Crippen LogP contribution is -2.53. The van der Waals surface area contributed by atoms with Crippen molar-refractivity contribution >= 4 is 34.2 Å². The predicted octanol–water partition coefficient (Wildman–Crippen LogP) is 5.68. The van der Waals surface area contributed by atoms with E-state index in [0.717, 1.165) is 97.8 Å². The Hall–Kier alpha value is -2.18. The molecule has 2 aromatic rings. The maximum atomic E-state index is 13.5. The van der Waals surface area contributed by atoms with Gasteiger partial charge in [-0.25, -0.2) is 0 Å². The van der Waals surface area contributed by atoms with Crippen LogP contribution in [0.3, 0.4) is 0 Å².